The van der Waals surface area contributed by atoms with Crippen molar-refractivity contribution in [1.82, 2.24) is 0 Å². The third-order valence-electron chi connectivity index (χ3n) is 6.29. The Kier molecular flexibility index (Phi) is 8.63. The van der Waals surface area contributed by atoms with Crippen LogP contribution in [0.25, 0.3) is 43.6 Å². The SMILES string of the molecule is CC(=O)[O-].C[n+]1c2cc(N)ccc2cc2ccc(N)cc21.C[n+]1c2cc(N)ccc2cc2ccc(N)cc21.[Cl-]. The minimum Gasteiger partial charge on any atom is -1.00 e. The molecule has 0 atom stereocenters. The summed E-state index contributed by atoms with van der Waals surface area (Å²) in [6, 6.07) is 28.1. The van der Waals surface area contributed by atoms with Gasteiger partial charge in [-0.2, -0.15) is 9.13 Å². The summed E-state index contributed by atoms with van der Waals surface area (Å²) >= 11 is 0. The second-order valence-electron chi connectivity index (χ2n) is 9.17. The lowest BCUT2D eigenvalue weighted by atomic mass is 10.1. The van der Waals surface area contributed by atoms with Crippen LogP contribution in [-0.4, -0.2) is 5.97 Å². The standard InChI is InChI=1S/2C14H13N3.C2H4O2.ClH/c2*1-17-13-7-11(15)4-2-9(13)6-10-3-5-12(16)8-14(10)17;1-2(3)4;/h2*2-8H,1H3,(H3,15,16);1H3,(H,3,4);1H. The first-order valence-corrected chi connectivity index (χ1v) is 12.0. The summed E-state index contributed by atoms with van der Waals surface area (Å²) in [5.41, 5.74) is 30.9. The maximum absolute atomic E-state index is 8.89. The van der Waals surface area contributed by atoms with Gasteiger partial charge in [0.2, 0.25) is 22.1 Å². The van der Waals surface area contributed by atoms with Gasteiger partial charge in [-0.25, -0.2) is 0 Å². The van der Waals surface area contributed by atoms with Gasteiger partial charge in [0.25, 0.3) is 0 Å². The molecule has 4 aromatic carbocycles. The molecule has 0 bridgehead atoms. The Morgan fingerprint density at radius 3 is 0.949 bits per heavy atom. The Labute approximate surface area is 232 Å². The van der Waals surface area contributed by atoms with E-state index in [1.54, 1.807) is 0 Å². The molecule has 0 aliphatic heterocycles. The van der Waals surface area contributed by atoms with Crippen LogP contribution in [0.5, 0.6) is 0 Å². The number of aromatic nitrogens is 2. The minimum absolute atomic E-state index is 0. The number of anilines is 4. The predicted octanol–water partition coefficient (Wildman–Crippen LogP) is -0.276. The molecule has 8 nitrogen and oxygen atoms in total. The van der Waals surface area contributed by atoms with Crippen molar-refractivity contribution >= 4 is 72.3 Å². The van der Waals surface area contributed by atoms with Crippen molar-refractivity contribution in [3.63, 3.8) is 0 Å². The van der Waals surface area contributed by atoms with Gasteiger partial charge in [-0.1, -0.05) is 0 Å². The molecule has 0 saturated heterocycles. The van der Waals surface area contributed by atoms with E-state index >= 15 is 0 Å². The van der Waals surface area contributed by atoms with Gasteiger partial charge in [0.15, 0.2) is 0 Å². The number of nitrogens with zero attached hydrogens (tertiary/aromatic N) is 2. The number of hydrogen-bond donors (Lipinski definition) is 4. The Morgan fingerprint density at radius 2 is 0.744 bits per heavy atom. The second kappa shape index (κ2) is 11.7. The Morgan fingerprint density at radius 1 is 0.538 bits per heavy atom. The fraction of sp³-hybridized carbons (Fsp3) is 0.100. The number of carboxylic acids is 1. The van der Waals surface area contributed by atoms with Crippen molar-refractivity contribution in [3.05, 3.63) is 84.9 Å². The van der Waals surface area contributed by atoms with Crippen molar-refractivity contribution in [2.75, 3.05) is 22.9 Å². The molecule has 6 aromatic rings. The number of benzene rings is 4. The van der Waals surface area contributed by atoms with Gasteiger partial charge < -0.3 is 45.2 Å². The lowest BCUT2D eigenvalue weighted by Crippen LogP contribution is -3.00. The molecule has 0 radical (unpaired) electrons. The number of pyridine rings is 2. The first-order chi connectivity index (χ1) is 18.0. The van der Waals surface area contributed by atoms with Gasteiger partial charge in [0.1, 0.15) is 14.1 Å². The lowest BCUT2D eigenvalue weighted by molar-refractivity contribution is -0.617. The summed E-state index contributed by atoms with van der Waals surface area (Å²) in [5.74, 6) is -1.08. The van der Waals surface area contributed by atoms with Crippen LogP contribution in [-0.2, 0) is 18.9 Å². The highest BCUT2D eigenvalue weighted by atomic mass is 35.5. The highest BCUT2D eigenvalue weighted by molar-refractivity contribution is 5.92. The maximum atomic E-state index is 8.89. The van der Waals surface area contributed by atoms with E-state index in [1.807, 2.05) is 86.9 Å². The summed E-state index contributed by atoms with van der Waals surface area (Å²) in [6.45, 7) is 0.972. The van der Waals surface area contributed by atoms with Gasteiger partial charge in [-0.15, -0.1) is 0 Å². The lowest BCUT2D eigenvalue weighted by Gasteiger charge is -2.03. The predicted molar refractivity (Wildman–Crippen MR) is 154 cm³/mol. The van der Waals surface area contributed by atoms with E-state index in [0.717, 1.165) is 51.7 Å². The van der Waals surface area contributed by atoms with E-state index in [4.69, 9.17) is 32.8 Å². The molecular weight excluding hydrogens is 512 g/mol. The summed E-state index contributed by atoms with van der Waals surface area (Å²) < 4.78 is 4.24. The van der Waals surface area contributed by atoms with E-state index in [1.165, 1.54) is 21.5 Å². The summed E-state index contributed by atoms with van der Waals surface area (Å²) in [5, 5.41) is 13.6. The fourth-order valence-corrected chi connectivity index (χ4v) is 4.49. The molecule has 2 heterocycles. The molecule has 0 unspecified atom stereocenters. The summed E-state index contributed by atoms with van der Waals surface area (Å²) in [7, 11) is 4.06. The van der Waals surface area contributed by atoms with Crippen LogP contribution in [0.15, 0.2) is 84.9 Å². The summed E-state index contributed by atoms with van der Waals surface area (Å²) in [6.07, 6.45) is 0. The van der Waals surface area contributed by atoms with Gasteiger partial charge in [0.05, 0.1) is 0 Å². The zero-order valence-corrected chi connectivity index (χ0v) is 22.7. The van der Waals surface area contributed by atoms with E-state index < -0.39 is 5.97 Å². The number of carboxylic acid groups (broad SMARTS) is 1. The molecule has 0 fully saturated rings. The average Bonchev–Trinajstić information content (AvgIpc) is 2.86. The summed E-state index contributed by atoms with van der Waals surface area (Å²) in [4.78, 5) is 8.89. The molecule has 9 heteroatoms. The molecule has 8 N–H and O–H groups in total. The first-order valence-electron chi connectivity index (χ1n) is 12.0. The topological polar surface area (TPSA) is 152 Å². The van der Waals surface area contributed by atoms with Crippen LogP contribution >= 0.6 is 0 Å². The third kappa shape index (κ3) is 6.37. The molecule has 0 spiro atoms. The quantitative estimate of drug-likeness (QED) is 0.118. The van der Waals surface area contributed by atoms with E-state index in [2.05, 4.69) is 21.3 Å². The van der Waals surface area contributed by atoms with Crippen LogP contribution in [0.3, 0.4) is 0 Å². The van der Waals surface area contributed by atoms with Gasteiger partial charge >= 0.3 is 0 Å². The van der Waals surface area contributed by atoms with Crippen molar-refractivity contribution < 1.29 is 31.4 Å². The maximum Gasteiger partial charge on any atom is 0.214 e. The monoisotopic (exact) mass is 542 g/mol. The zero-order valence-electron chi connectivity index (χ0n) is 22.0. The van der Waals surface area contributed by atoms with Crippen LogP contribution < -0.4 is 49.6 Å². The Hall–Kier alpha value is -4.82. The van der Waals surface area contributed by atoms with Crippen molar-refractivity contribution in [1.29, 1.82) is 0 Å². The van der Waals surface area contributed by atoms with Gasteiger partial charge in [-0.3, -0.25) is 0 Å². The molecular formula is C30H31ClN6O2. The number of aliphatic carboxylic acids is 1. The van der Waals surface area contributed by atoms with Gasteiger partial charge in [-0.05, 0) is 67.6 Å². The molecule has 0 saturated carbocycles. The second-order valence-corrected chi connectivity index (χ2v) is 9.17. The number of nitrogens with two attached hydrogens (primary N) is 4. The first kappa shape index (κ1) is 28.7. The number of rotatable bonds is 0. The number of fused-ring (bicyclic) bond motifs is 4. The highest BCUT2D eigenvalue weighted by Crippen LogP contribution is 2.22. The molecule has 2 aromatic heterocycles. The van der Waals surface area contributed by atoms with E-state index in [0.29, 0.717) is 0 Å². The van der Waals surface area contributed by atoms with Crippen LogP contribution in [0, 0.1) is 0 Å². The van der Waals surface area contributed by atoms with Crippen molar-refractivity contribution in [3.8, 4) is 0 Å². The van der Waals surface area contributed by atoms with Gasteiger partial charge in [0, 0.05) is 74.5 Å². The van der Waals surface area contributed by atoms with Crippen molar-refractivity contribution in [2.24, 2.45) is 14.1 Å². The van der Waals surface area contributed by atoms with Crippen LogP contribution in [0.1, 0.15) is 6.92 Å². The average molecular weight is 543 g/mol. The molecule has 0 aliphatic rings. The number of carbonyl (C=O) groups is 1. The number of nitrogen functional groups attached to an aromatic ring is 4. The van der Waals surface area contributed by atoms with Crippen LogP contribution in [0.2, 0.25) is 0 Å². The van der Waals surface area contributed by atoms with E-state index in [9.17, 15) is 0 Å². The normalized spacial score (nSPS) is 10.3. The number of halogens is 1. The Balaban J connectivity index is 0.000000186. The fourth-order valence-electron chi connectivity index (χ4n) is 4.49. The molecule has 0 amide bonds. The molecule has 6 rings (SSSR count). The number of aryl methyl sites for hydroxylation is 2. The molecule has 0 aliphatic carbocycles. The van der Waals surface area contributed by atoms with E-state index in [-0.39, 0.29) is 12.4 Å². The number of hydrogen-bond acceptors (Lipinski definition) is 6. The van der Waals surface area contributed by atoms with Crippen molar-refractivity contribution in [2.45, 2.75) is 6.92 Å². The Bertz CT molecular complexity index is 1590. The zero-order chi connectivity index (χ0) is 27.6. The smallest absolute Gasteiger partial charge is 0.214 e. The highest BCUT2D eigenvalue weighted by Gasteiger charge is 2.13. The molecule has 39 heavy (non-hydrogen) atoms. The molecule has 200 valence electrons. The van der Waals surface area contributed by atoms with Crippen LogP contribution in [0.4, 0.5) is 22.7 Å². The number of carbonyl (C=O) groups excluding carboxylic acids is 1. The third-order valence-corrected chi connectivity index (χ3v) is 6.29. The minimum atomic E-state index is -1.08. The largest absolute Gasteiger partial charge is 1.00 e.